The van der Waals surface area contributed by atoms with E-state index in [0.717, 1.165) is 35.7 Å². The molecule has 0 spiro atoms. The Hall–Kier alpha value is -4.37. The van der Waals surface area contributed by atoms with Gasteiger partial charge in [0.25, 0.3) is 5.91 Å². The molecule has 3 amide bonds. The summed E-state index contributed by atoms with van der Waals surface area (Å²) in [6.07, 6.45) is 0.581. The lowest BCUT2D eigenvalue weighted by Crippen LogP contribution is -2.49. The van der Waals surface area contributed by atoms with Crippen LogP contribution in [0, 0.1) is 0 Å². The number of carbonyl (C=O) groups is 3. The van der Waals surface area contributed by atoms with Gasteiger partial charge in [-0.15, -0.1) is 0 Å². The topological polar surface area (TPSA) is 94.2 Å². The van der Waals surface area contributed by atoms with E-state index < -0.39 is 0 Å². The number of rotatable bonds is 8. The van der Waals surface area contributed by atoms with Crippen LogP contribution >= 0.6 is 0 Å². The van der Waals surface area contributed by atoms with Gasteiger partial charge in [0.05, 0.1) is 31.3 Å². The van der Waals surface area contributed by atoms with E-state index in [1.54, 1.807) is 13.2 Å². The second kappa shape index (κ2) is 13.3. The highest BCUT2D eigenvalue weighted by Crippen LogP contribution is 2.29. The normalized spacial score (nSPS) is 15.4. The fourth-order valence-electron chi connectivity index (χ4n) is 5.30. The fraction of sp³-hybridized carbons (Fsp3) is 0.344. The molecular weight excluding hydrogens is 518 g/mol. The number of methoxy groups -OCH3 is 1. The van der Waals surface area contributed by atoms with E-state index >= 15 is 0 Å². The highest BCUT2D eigenvalue weighted by atomic mass is 16.5. The second-order valence-electron chi connectivity index (χ2n) is 10.4. The Morgan fingerprint density at radius 2 is 1.46 bits per heavy atom. The number of benzene rings is 3. The van der Waals surface area contributed by atoms with Gasteiger partial charge in [0, 0.05) is 57.9 Å². The van der Waals surface area contributed by atoms with Crippen molar-refractivity contribution in [3.8, 4) is 5.75 Å². The minimum Gasteiger partial charge on any atom is -0.497 e. The summed E-state index contributed by atoms with van der Waals surface area (Å²) in [6, 6.07) is 22.7. The van der Waals surface area contributed by atoms with Gasteiger partial charge in [-0.1, -0.05) is 42.5 Å². The molecule has 0 atom stereocenters. The molecule has 3 aromatic carbocycles. The van der Waals surface area contributed by atoms with Gasteiger partial charge in [-0.3, -0.25) is 14.4 Å². The Morgan fingerprint density at radius 1 is 0.780 bits per heavy atom. The number of hydrogen-bond donors (Lipinski definition) is 2. The average molecular weight is 556 g/mol. The van der Waals surface area contributed by atoms with Crippen molar-refractivity contribution in [1.82, 2.24) is 15.1 Å². The molecule has 2 fully saturated rings. The molecule has 0 aliphatic carbocycles. The molecule has 2 heterocycles. The molecule has 9 heteroatoms. The first kappa shape index (κ1) is 28.2. The van der Waals surface area contributed by atoms with Crippen molar-refractivity contribution in [3.63, 3.8) is 0 Å². The van der Waals surface area contributed by atoms with Crippen molar-refractivity contribution >= 4 is 29.1 Å². The first-order valence-electron chi connectivity index (χ1n) is 14.1. The molecule has 0 radical (unpaired) electrons. The van der Waals surface area contributed by atoms with E-state index in [0.29, 0.717) is 56.9 Å². The first-order valence-corrected chi connectivity index (χ1v) is 14.1. The Morgan fingerprint density at radius 3 is 2.15 bits per heavy atom. The van der Waals surface area contributed by atoms with Crippen LogP contribution in [0.3, 0.4) is 0 Å². The lowest BCUT2D eigenvalue weighted by molar-refractivity contribution is -0.130. The number of ether oxygens (including phenoxy) is 1. The number of amides is 3. The highest BCUT2D eigenvalue weighted by Gasteiger charge is 2.25. The minimum absolute atomic E-state index is 0.0365. The SMILES string of the molecule is COc1ccc(CC(=O)N2CCN(c3ccc(C(=O)N4CCNCC4)cc3NC(=O)Cc3ccccc3)CC2)cc1. The van der Waals surface area contributed by atoms with Crippen LogP contribution < -0.4 is 20.3 Å². The molecule has 9 nitrogen and oxygen atoms in total. The number of nitrogens with zero attached hydrogens (tertiary/aromatic N) is 3. The van der Waals surface area contributed by atoms with Crippen LogP contribution in [0.25, 0.3) is 0 Å². The van der Waals surface area contributed by atoms with Gasteiger partial charge >= 0.3 is 0 Å². The smallest absolute Gasteiger partial charge is 0.254 e. The van der Waals surface area contributed by atoms with Crippen LogP contribution in [-0.4, -0.2) is 87.0 Å². The summed E-state index contributed by atoms with van der Waals surface area (Å²) in [6.45, 7) is 5.26. The average Bonchev–Trinajstić information content (AvgIpc) is 3.02. The third-order valence-electron chi connectivity index (χ3n) is 7.62. The highest BCUT2D eigenvalue weighted by molar-refractivity contribution is 6.00. The Bertz CT molecular complexity index is 1350. The van der Waals surface area contributed by atoms with Gasteiger partial charge < -0.3 is 30.1 Å². The summed E-state index contributed by atoms with van der Waals surface area (Å²) in [4.78, 5) is 45.2. The molecule has 214 valence electrons. The predicted octanol–water partition coefficient (Wildman–Crippen LogP) is 2.81. The quantitative estimate of drug-likeness (QED) is 0.444. The number of hydrogen-bond acceptors (Lipinski definition) is 6. The summed E-state index contributed by atoms with van der Waals surface area (Å²) in [5.74, 6) is 0.674. The van der Waals surface area contributed by atoms with Crippen molar-refractivity contribution < 1.29 is 19.1 Å². The summed E-state index contributed by atoms with van der Waals surface area (Å²) >= 11 is 0. The summed E-state index contributed by atoms with van der Waals surface area (Å²) < 4.78 is 5.21. The minimum atomic E-state index is -0.141. The second-order valence-corrected chi connectivity index (χ2v) is 10.4. The van der Waals surface area contributed by atoms with E-state index in [2.05, 4.69) is 15.5 Å². The van der Waals surface area contributed by atoms with Crippen molar-refractivity contribution in [1.29, 1.82) is 0 Å². The Labute approximate surface area is 241 Å². The van der Waals surface area contributed by atoms with Gasteiger partial charge in [-0.25, -0.2) is 0 Å². The van der Waals surface area contributed by atoms with Crippen molar-refractivity contribution in [2.45, 2.75) is 12.8 Å². The molecule has 3 aromatic rings. The number of piperazine rings is 2. The maximum absolute atomic E-state index is 13.2. The van der Waals surface area contributed by atoms with Crippen LogP contribution in [-0.2, 0) is 22.4 Å². The van der Waals surface area contributed by atoms with Gasteiger partial charge in [-0.2, -0.15) is 0 Å². The van der Waals surface area contributed by atoms with E-state index in [-0.39, 0.29) is 24.1 Å². The molecular formula is C32H37N5O4. The van der Waals surface area contributed by atoms with Crippen molar-refractivity contribution in [2.75, 3.05) is 69.7 Å². The largest absolute Gasteiger partial charge is 0.497 e. The third-order valence-corrected chi connectivity index (χ3v) is 7.62. The van der Waals surface area contributed by atoms with Crippen molar-refractivity contribution in [2.24, 2.45) is 0 Å². The number of anilines is 2. The van der Waals surface area contributed by atoms with Crippen LogP contribution in [0.15, 0.2) is 72.8 Å². The number of nitrogens with one attached hydrogen (secondary N) is 2. The van der Waals surface area contributed by atoms with E-state index in [4.69, 9.17) is 4.74 Å². The van der Waals surface area contributed by atoms with Gasteiger partial charge in [0.1, 0.15) is 5.75 Å². The predicted molar refractivity (Wildman–Crippen MR) is 159 cm³/mol. The van der Waals surface area contributed by atoms with Crippen LogP contribution in [0.2, 0.25) is 0 Å². The molecule has 0 aromatic heterocycles. The molecule has 2 saturated heterocycles. The Balaban J connectivity index is 1.28. The Kier molecular flexibility index (Phi) is 9.15. The lowest BCUT2D eigenvalue weighted by atomic mass is 10.1. The van der Waals surface area contributed by atoms with E-state index in [9.17, 15) is 14.4 Å². The molecule has 0 bridgehead atoms. The van der Waals surface area contributed by atoms with E-state index in [1.807, 2.05) is 76.5 Å². The van der Waals surface area contributed by atoms with Crippen LogP contribution in [0.5, 0.6) is 5.75 Å². The standard InChI is InChI=1S/C32H37N5O4/c1-41-27-10-7-25(8-11-27)22-31(39)36-19-17-35(18-20-36)29-12-9-26(32(40)37-15-13-33-14-16-37)23-28(29)34-30(38)21-24-5-3-2-4-6-24/h2-12,23,33H,13-22H2,1H3,(H,34,38). The van der Waals surface area contributed by atoms with Gasteiger partial charge in [-0.05, 0) is 41.5 Å². The van der Waals surface area contributed by atoms with Gasteiger partial charge in [0.15, 0.2) is 0 Å². The monoisotopic (exact) mass is 555 g/mol. The van der Waals surface area contributed by atoms with Crippen LogP contribution in [0.4, 0.5) is 11.4 Å². The lowest BCUT2D eigenvalue weighted by Gasteiger charge is -2.37. The van der Waals surface area contributed by atoms with Crippen LogP contribution in [0.1, 0.15) is 21.5 Å². The maximum atomic E-state index is 13.2. The zero-order valence-electron chi connectivity index (χ0n) is 23.5. The molecule has 2 aliphatic rings. The molecule has 2 aliphatic heterocycles. The molecule has 0 saturated carbocycles. The molecule has 5 rings (SSSR count). The number of carbonyl (C=O) groups excluding carboxylic acids is 3. The summed E-state index contributed by atoms with van der Waals surface area (Å²) in [7, 11) is 1.62. The van der Waals surface area contributed by atoms with E-state index in [1.165, 1.54) is 0 Å². The molecule has 41 heavy (non-hydrogen) atoms. The van der Waals surface area contributed by atoms with Gasteiger partial charge in [0.2, 0.25) is 11.8 Å². The zero-order valence-corrected chi connectivity index (χ0v) is 23.5. The zero-order chi connectivity index (χ0) is 28.6. The summed E-state index contributed by atoms with van der Waals surface area (Å²) in [5.41, 5.74) is 3.89. The molecule has 2 N–H and O–H groups in total. The van der Waals surface area contributed by atoms with Crippen molar-refractivity contribution in [3.05, 3.63) is 89.5 Å². The first-order chi connectivity index (χ1) is 20.0. The fourth-order valence-corrected chi connectivity index (χ4v) is 5.30. The summed E-state index contributed by atoms with van der Waals surface area (Å²) in [5, 5.41) is 6.35. The maximum Gasteiger partial charge on any atom is 0.254 e. The molecule has 0 unspecified atom stereocenters. The third kappa shape index (κ3) is 7.24.